The average molecular weight is 337 g/mol. The molecule has 0 fully saturated rings. The molecule has 0 aliphatic rings. The number of aryl methyl sites for hydroxylation is 1. The summed E-state index contributed by atoms with van der Waals surface area (Å²) in [5, 5.41) is 2.99. The molecule has 3 rings (SSSR count). The smallest absolute Gasteiger partial charge is 0.263 e. The minimum atomic E-state index is -0.0862. The van der Waals surface area contributed by atoms with Gasteiger partial charge in [0.15, 0.2) is 0 Å². The SMILES string of the molecule is Cc1csc(-c2ccc(C(=O)n3ccccc3=NC(C)C)cc2)n1. The molecule has 122 valence electrons. The fourth-order valence-electron chi connectivity index (χ4n) is 2.36. The monoisotopic (exact) mass is 337 g/mol. The molecule has 0 bridgehead atoms. The van der Waals surface area contributed by atoms with Crippen LogP contribution in [-0.2, 0) is 0 Å². The molecule has 0 aliphatic heterocycles. The first-order valence-corrected chi connectivity index (χ1v) is 8.71. The van der Waals surface area contributed by atoms with E-state index in [1.165, 1.54) is 0 Å². The van der Waals surface area contributed by atoms with Crippen LogP contribution < -0.4 is 5.49 Å². The van der Waals surface area contributed by atoms with E-state index in [1.807, 2.05) is 68.6 Å². The van der Waals surface area contributed by atoms with Gasteiger partial charge >= 0.3 is 0 Å². The molecular weight excluding hydrogens is 318 g/mol. The summed E-state index contributed by atoms with van der Waals surface area (Å²) < 4.78 is 1.59. The van der Waals surface area contributed by atoms with Gasteiger partial charge in [-0.15, -0.1) is 11.3 Å². The first-order chi connectivity index (χ1) is 11.5. The molecule has 1 aromatic carbocycles. The summed E-state index contributed by atoms with van der Waals surface area (Å²) in [5.41, 5.74) is 3.32. The van der Waals surface area contributed by atoms with Crippen molar-refractivity contribution < 1.29 is 4.79 Å². The molecule has 0 saturated heterocycles. The lowest BCUT2D eigenvalue weighted by Gasteiger charge is -2.07. The van der Waals surface area contributed by atoms with Crippen LogP contribution in [0, 0.1) is 6.92 Å². The quantitative estimate of drug-likeness (QED) is 0.727. The number of aromatic nitrogens is 2. The van der Waals surface area contributed by atoms with Crippen molar-refractivity contribution in [1.29, 1.82) is 0 Å². The second-order valence-electron chi connectivity index (χ2n) is 5.83. The van der Waals surface area contributed by atoms with Crippen LogP contribution in [0.5, 0.6) is 0 Å². The fourth-order valence-corrected chi connectivity index (χ4v) is 3.16. The number of nitrogens with zero attached hydrogens (tertiary/aromatic N) is 3. The van der Waals surface area contributed by atoms with Crippen molar-refractivity contribution in [3.63, 3.8) is 0 Å². The maximum atomic E-state index is 12.8. The number of pyridine rings is 1. The van der Waals surface area contributed by atoms with Crippen molar-refractivity contribution in [2.75, 3.05) is 0 Å². The van der Waals surface area contributed by atoms with Gasteiger partial charge in [0.05, 0.1) is 0 Å². The van der Waals surface area contributed by atoms with Gasteiger partial charge in [-0.25, -0.2) is 4.98 Å². The molecule has 0 atom stereocenters. The zero-order chi connectivity index (χ0) is 17.1. The van der Waals surface area contributed by atoms with E-state index in [1.54, 1.807) is 22.1 Å². The van der Waals surface area contributed by atoms with Crippen LogP contribution in [-0.4, -0.2) is 21.5 Å². The second-order valence-corrected chi connectivity index (χ2v) is 6.69. The Kier molecular flexibility index (Phi) is 4.71. The van der Waals surface area contributed by atoms with E-state index in [2.05, 4.69) is 9.98 Å². The van der Waals surface area contributed by atoms with Crippen LogP contribution in [0.25, 0.3) is 10.6 Å². The van der Waals surface area contributed by atoms with Gasteiger partial charge in [0.1, 0.15) is 10.5 Å². The maximum Gasteiger partial charge on any atom is 0.263 e. The van der Waals surface area contributed by atoms with Crippen LogP contribution in [0.2, 0.25) is 0 Å². The summed E-state index contributed by atoms with van der Waals surface area (Å²) in [4.78, 5) is 21.8. The molecule has 0 unspecified atom stereocenters. The molecule has 24 heavy (non-hydrogen) atoms. The van der Waals surface area contributed by atoms with Gasteiger partial charge in [-0.3, -0.25) is 14.4 Å². The molecule has 0 spiro atoms. The molecule has 4 nitrogen and oxygen atoms in total. The van der Waals surface area contributed by atoms with Crippen LogP contribution in [0.3, 0.4) is 0 Å². The standard InChI is InChI=1S/C19H19N3OS/c1-13(2)20-17-6-4-5-11-22(17)19(23)16-9-7-15(8-10-16)18-21-14(3)12-24-18/h4-13H,1-3H3. The highest BCUT2D eigenvalue weighted by molar-refractivity contribution is 7.13. The third-order valence-corrected chi connectivity index (χ3v) is 4.45. The normalized spacial score (nSPS) is 11.9. The Morgan fingerprint density at radius 1 is 1.17 bits per heavy atom. The predicted octanol–water partition coefficient (Wildman–Crippen LogP) is 3.92. The number of carbonyl (C=O) groups excluding carboxylic acids is 1. The van der Waals surface area contributed by atoms with Gasteiger partial charge in [-0.05, 0) is 45.0 Å². The summed E-state index contributed by atoms with van der Waals surface area (Å²) in [5.74, 6) is -0.0862. The zero-order valence-corrected chi connectivity index (χ0v) is 14.7. The Labute approximate surface area is 145 Å². The number of carbonyl (C=O) groups is 1. The molecule has 0 aliphatic carbocycles. The Bertz CT molecular complexity index is 920. The Morgan fingerprint density at radius 3 is 2.54 bits per heavy atom. The third kappa shape index (κ3) is 3.51. The van der Waals surface area contributed by atoms with E-state index < -0.39 is 0 Å². The second kappa shape index (κ2) is 6.93. The topological polar surface area (TPSA) is 47.2 Å². The highest BCUT2D eigenvalue weighted by Gasteiger charge is 2.10. The predicted molar refractivity (Wildman–Crippen MR) is 97.1 cm³/mol. The van der Waals surface area contributed by atoms with Gasteiger partial charge in [0, 0.05) is 34.4 Å². The number of rotatable bonds is 3. The highest BCUT2D eigenvalue weighted by Crippen LogP contribution is 2.23. The van der Waals surface area contributed by atoms with Crippen LogP contribution in [0.15, 0.2) is 59.0 Å². The first kappa shape index (κ1) is 16.3. The highest BCUT2D eigenvalue weighted by atomic mass is 32.1. The van der Waals surface area contributed by atoms with E-state index in [9.17, 15) is 4.79 Å². The molecule has 2 heterocycles. The van der Waals surface area contributed by atoms with Crippen molar-refractivity contribution in [3.8, 4) is 10.6 Å². The van der Waals surface area contributed by atoms with Crippen LogP contribution >= 0.6 is 11.3 Å². The minimum Gasteiger partial charge on any atom is -0.268 e. The lowest BCUT2D eigenvalue weighted by Crippen LogP contribution is -2.28. The minimum absolute atomic E-state index is 0.0862. The molecule has 0 saturated carbocycles. The van der Waals surface area contributed by atoms with Crippen LogP contribution in [0.4, 0.5) is 0 Å². The van der Waals surface area contributed by atoms with Gasteiger partial charge in [0.2, 0.25) is 0 Å². The molecule has 3 aromatic rings. The van der Waals surface area contributed by atoms with E-state index in [4.69, 9.17) is 0 Å². The zero-order valence-electron chi connectivity index (χ0n) is 13.9. The van der Waals surface area contributed by atoms with Crippen molar-refractivity contribution in [3.05, 3.63) is 70.8 Å². The molecule has 2 aromatic heterocycles. The Balaban J connectivity index is 1.94. The number of hydrogen-bond donors (Lipinski definition) is 0. The van der Waals surface area contributed by atoms with Gasteiger partial charge in [-0.2, -0.15) is 0 Å². The number of benzene rings is 1. The van der Waals surface area contributed by atoms with Crippen molar-refractivity contribution in [2.24, 2.45) is 4.99 Å². The van der Waals surface area contributed by atoms with Crippen molar-refractivity contribution in [2.45, 2.75) is 26.8 Å². The Morgan fingerprint density at radius 2 is 1.92 bits per heavy atom. The number of thiazole rings is 1. The van der Waals surface area contributed by atoms with Gasteiger partial charge in [-0.1, -0.05) is 18.2 Å². The van der Waals surface area contributed by atoms with Crippen molar-refractivity contribution in [1.82, 2.24) is 9.55 Å². The average Bonchev–Trinajstić information content (AvgIpc) is 3.01. The first-order valence-electron chi connectivity index (χ1n) is 7.83. The fraction of sp³-hybridized carbons (Fsp3) is 0.211. The molecule has 0 radical (unpaired) electrons. The summed E-state index contributed by atoms with van der Waals surface area (Å²) >= 11 is 1.61. The van der Waals surface area contributed by atoms with Gasteiger partial charge < -0.3 is 0 Å². The van der Waals surface area contributed by atoms with E-state index in [0.29, 0.717) is 11.1 Å². The summed E-state index contributed by atoms with van der Waals surface area (Å²) in [6, 6.07) is 13.3. The number of hydrogen-bond acceptors (Lipinski definition) is 4. The molecular formula is C19H19N3OS. The van der Waals surface area contributed by atoms with E-state index in [0.717, 1.165) is 16.3 Å². The summed E-state index contributed by atoms with van der Waals surface area (Å²) in [7, 11) is 0. The summed E-state index contributed by atoms with van der Waals surface area (Å²) in [6.45, 7) is 5.96. The lowest BCUT2D eigenvalue weighted by molar-refractivity contribution is 0.0954. The molecule has 5 heteroatoms. The lowest BCUT2D eigenvalue weighted by atomic mass is 10.1. The Hall–Kier alpha value is -2.53. The maximum absolute atomic E-state index is 12.8. The van der Waals surface area contributed by atoms with Crippen LogP contribution in [0.1, 0.15) is 29.9 Å². The van der Waals surface area contributed by atoms with Crippen molar-refractivity contribution >= 4 is 17.2 Å². The molecule has 0 N–H and O–H groups in total. The third-order valence-electron chi connectivity index (χ3n) is 3.45. The largest absolute Gasteiger partial charge is 0.268 e. The van der Waals surface area contributed by atoms with E-state index >= 15 is 0 Å². The van der Waals surface area contributed by atoms with E-state index in [-0.39, 0.29) is 11.9 Å². The van der Waals surface area contributed by atoms with Gasteiger partial charge in [0.25, 0.3) is 5.91 Å². The molecule has 0 amide bonds. The summed E-state index contributed by atoms with van der Waals surface area (Å²) in [6.07, 6.45) is 1.75.